The molecule has 2 unspecified atom stereocenters. The van der Waals surface area contributed by atoms with Crippen LogP contribution in [-0.4, -0.2) is 44.5 Å². The van der Waals surface area contributed by atoms with Gasteiger partial charge >= 0.3 is 0 Å². The zero-order chi connectivity index (χ0) is 13.7. The summed E-state index contributed by atoms with van der Waals surface area (Å²) >= 11 is 1.93. The van der Waals surface area contributed by atoms with E-state index in [0.29, 0.717) is 24.0 Å². The van der Waals surface area contributed by atoms with Gasteiger partial charge in [0.05, 0.1) is 12.7 Å². The van der Waals surface area contributed by atoms with Gasteiger partial charge in [-0.2, -0.15) is 11.8 Å². The fourth-order valence-corrected chi connectivity index (χ4v) is 3.59. The van der Waals surface area contributed by atoms with Crippen molar-refractivity contribution >= 4 is 17.7 Å². The van der Waals surface area contributed by atoms with Crippen molar-refractivity contribution in [3.63, 3.8) is 0 Å². The molecule has 1 aliphatic carbocycles. The molecule has 0 aromatic carbocycles. The summed E-state index contributed by atoms with van der Waals surface area (Å²) in [4.78, 5) is 12.1. The highest BCUT2D eigenvalue weighted by atomic mass is 32.2. The predicted molar refractivity (Wildman–Crippen MR) is 76.1 cm³/mol. The van der Waals surface area contributed by atoms with E-state index in [1.807, 2.05) is 11.8 Å². The van der Waals surface area contributed by atoms with Gasteiger partial charge in [-0.05, 0) is 18.6 Å². The Morgan fingerprint density at radius 2 is 2.47 bits per heavy atom. The number of rotatable bonds is 6. The summed E-state index contributed by atoms with van der Waals surface area (Å²) in [6, 6.07) is 0.261. The zero-order valence-corrected chi connectivity index (χ0v) is 12.0. The van der Waals surface area contributed by atoms with E-state index < -0.39 is 0 Å². The lowest BCUT2D eigenvalue weighted by molar-refractivity contribution is 0.0933. The first-order valence-corrected chi connectivity index (χ1v) is 7.82. The van der Waals surface area contributed by atoms with Gasteiger partial charge in [0.1, 0.15) is 0 Å². The molecule has 2 rings (SSSR count). The molecule has 1 aromatic rings. The second-order valence-electron chi connectivity index (χ2n) is 4.66. The molecule has 3 N–H and O–H groups in total. The van der Waals surface area contributed by atoms with Crippen LogP contribution in [0.4, 0.5) is 0 Å². The molecule has 1 aromatic heterocycles. The summed E-state index contributed by atoms with van der Waals surface area (Å²) in [5.74, 6) is 0.959. The van der Waals surface area contributed by atoms with Crippen molar-refractivity contribution in [3.05, 3.63) is 11.9 Å². The summed E-state index contributed by atoms with van der Waals surface area (Å²) in [7, 11) is 0. The molecular weight excluding hydrogens is 262 g/mol. The summed E-state index contributed by atoms with van der Waals surface area (Å²) in [5.41, 5.74) is 5.81. The van der Waals surface area contributed by atoms with Crippen molar-refractivity contribution in [2.45, 2.75) is 44.0 Å². The first kappa shape index (κ1) is 14.3. The van der Waals surface area contributed by atoms with E-state index in [2.05, 4.69) is 22.6 Å². The molecule has 1 fully saturated rings. The van der Waals surface area contributed by atoms with Crippen molar-refractivity contribution in [1.29, 1.82) is 0 Å². The number of carbonyl (C=O) groups excluding carboxylic acids is 1. The van der Waals surface area contributed by atoms with Crippen LogP contribution < -0.4 is 11.1 Å². The fraction of sp³-hybridized carbons (Fsp3) is 0.750. The quantitative estimate of drug-likeness (QED) is 0.800. The van der Waals surface area contributed by atoms with Gasteiger partial charge in [0.15, 0.2) is 5.69 Å². The Bertz CT molecular complexity index is 422. The average molecular weight is 283 g/mol. The molecule has 0 radical (unpaired) electrons. The van der Waals surface area contributed by atoms with Crippen molar-refractivity contribution in [3.8, 4) is 0 Å². The van der Waals surface area contributed by atoms with Gasteiger partial charge in [-0.15, -0.1) is 5.10 Å². The lowest BCUT2D eigenvalue weighted by Gasteiger charge is -2.19. The van der Waals surface area contributed by atoms with E-state index in [-0.39, 0.29) is 11.9 Å². The van der Waals surface area contributed by atoms with E-state index in [0.717, 1.165) is 12.2 Å². The Morgan fingerprint density at radius 3 is 3.21 bits per heavy atom. The van der Waals surface area contributed by atoms with E-state index in [1.165, 1.54) is 12.8 Å². The second-order valence-corrected chi connectivity index (χ2v) is 6.18. The SMILES string of the molecule is CCSC1CCCC1NC(=O)c1cn(CCN)nn1. The highest BCUT2D eigenvalue weighted by Crippen LogP contribution is 2.29. The average Bonchev–Trinajstić information content (AvgIpc) is 3.01. The fourth-order valence-electron chi connectivity index (χ4n) is 2.39. The van der Waals surface area contributed by atoms with Crippen molar-refractivity contribution in [2.75, 3.05) is 12.3 Å². The normalized spacial score (nSPS) is 22.6. The number of hydrogen-bond acceptors (Lipinski definition) is 5. The topological polar surface area (TPSA) is 85.8 Å². The van der Waals surface area contributed by atoms with Crippen LogP contribution in [0.5, 0.6) is 0 Å². The van der Waals surface area contributed by atoms with Crippen LogP contribution in [0, 0.1) is 0 Å². The Labute approximate surface area is 117 Å². The van der Waals surface area contributed by atoms with E-state index in [9.17, 15) is 4.79 Å². The molecule has 6 nitrogen and oxygen atoms in total. The number of carbonyl (C=O) groups is 1. The Balaban J connectivity index is 1.92. The van der Waals surface area contributed by atoms with Crippen LogP contribution in [0.3, 0.4) is 0 Å². The maximum Gasteiger partial charge on any atom is 0.273 e. The summed E-state index contributed by atoms with van der Waals surface area (Å²) in [6.45, 7) is 3.22. The number of nitrogens with two attached hydrogens (primary N) is 1. The summed E-state index contributed by atoms with van der Waals surface area (Å²) in [5, 5.41) is 11.4. The maximum absolute atomic E-state index is 12.1. The van der Waals surface area contributed by atoms with Crippen molar-refractivity contribution in [2.24, 2.45) is 5.73 Å². The van der Waals surface area contributed by atoms with Gasteiger partial charge < -0.3 is 11.1 Å². The van der Waals surface area contributed by atoms with Crippen LogP contribution in [0.2, 0.25) is 0 Å². The minimum atomic E-state index is -0.128. The monoisotopic (exact) mass is 283 g/mol. The first-order chi connectivity index (χ1) is 9.24. The number of thioether (sulfide) groups is 1. The largest absolute Gasteiger partial charge is 0.347 e. The minimum Gasteiger partial charge on any atom is -0.347 e. The van der Waals surface area contributed by atoms with Crippen LogP contribution in [-0.2, 0) is 6.54 Å². The number of aromatic nitrogens is 3. The van der Waals surface area contributed by atoms with Crippen LogP contribution in [0.1, 0.15) is 36.7 Å². The molecule has 7 heteroatoms. The van der Waals surface area contributed by atoms with Gasteiger partial charge in [-0.3, -0.25) is 9.48 Å². The van der Waals surface area contributed by atoms with Crippen LogP contribution in [0.25, 0.3) is 0 Å². The van der Waals surface area contributed by atoms with Gasteiger partial charge in [-0.1, -0.05) is 18.6 Å². The van der Waals surface area contributed by atoms with Gasteiger partial charge in [0.2, 0.25) is 0 Å². The molecule has 0 aliphatic heterocycles. The standard InChI is InChI=1S/C12H21N5OS/c1-2-19-11-5-3-4-9(11)14-12(18)10-8-17(7-6-13)16-15-10/h8-9,11H,2-7,13H2,1H3,(H,14,18). The Hall–Kier alpha value is -1.08. The molecule has 1 heterocycles. The highest BCUT2D eigenvalue weighted by molar-refractivity contribution is 7.99. The van der Waals surface area contributed by atoms with Crippen molar-refractivity contribution in [1.82, 2.24) is 20.3 Å². The smallest absolute Gasteiger partial charge is 0.273 e. The molecule has 1 amide bonds. The van der Waals surface area contributed by atoms with E-state index >= 15 is 0 Å². The van der Waals surface area contributed by atoms with E-state index in [4.69, 9.17) is 5.73 Å². The molecule has 19 heavy (non-hydrogen) atoms. The molecule has 0 spiro atoms. The third-order valence-electron chi connectivity index (χ3n) is 3.28. The lowest BCUT2D eigenvalue weighted by Crippen LogP contribution is -2.39. The van der Waals surface area contributed by atoms with E-state index in [1.54, 1.807) is 10.9 Å². The highest BCUT2D eigenvalue weighted by Gasteiger charge is 2.29. The Kier molecular flexibility index (Phi) is 5.21. The molecule has 106 valence electrons. The molecule has 0 saturated heterocycles. The second kappa shape index (κ2) is 6.91. The number of nitrogens with zero attached hydrogens (tertiary/aromatic N) is 3. The predicted octanol–water partition coefficient (Wildman–Crippen LogP) is 0.641. The third kappa shape index (κ3) is 3.70. The third-order valence-corrected chi connectivity index (χ3v) is 4.60. The van der Waals surface area contributed by atoms with Crippen molar-refractivity contribution < 1.29 is 4.79 Å². The number of amides is 1. The van der Waals surface area contributed by atoms with Crippen LogP contribution >= 0.6 is 11.8 Å². The maximum atomic E-state index is 12.1. The summed E-state index contributed by atoms with van der Waals surface area (Å²) < 4.78 is 1.60. The first-order valence-electron chi connectivity index (χ1n) is 6.77. The van der Waals surface area contributed by atoms with Gasteiger partial charge in [0.25, 0.3) is 5.91 Å². The minimum absolute atomic E-state index is 0.128. The summed E-state index contributed by atoms with van der Waals surface area (Å²) in [6.07, 6.45) is 5.07. The molecule has 1 aliphatic rings. The number of hydrogen-bond donors (Lipinski definition) is 2. The molecule has 2 atom stereocenters. The molecule has 0 bridgehead atoms. The molecular formula is C12H21N5OS. The lowest BCUT2D eigenvalue weighted by atomic mass is 10.2. The van der Waals surface area contributed by atoms with Gasteiger partial charge in [0, 0.05) is 17.8 Å². The Morgan fingerprint density at radius 1 is 1.63 bits per heavy atom. The van der Waals surface area contributed by atoms with Crippen LogP contribution in [0.15, 0.2) is 6.20 Å². The zero-order valence-electron chi connectivity index (χ0n) is 11.2. The number of nitrogens with one attached hydrogen (secondary N) is 1. The van der Waals surface area contributed by atoms with Gasteiger partial charge in [-0.25, -0.2) is 0 Å². The molecule has 1 saturated carbocycles.